The van der Waals surface area contributed by atoms with Crippen LogP contribution in [0.3, 0.4) is 0 Å². The lowest BCUT2D eigenvalue weighted by molar-refractivity contribution is -0.124. The predicted molar refractivity (Wildman–Crippen MR) is 130 cm³/mol. The molecule has 36 heavy (non-hydrogen) atoms. The minimum atomic E-state index is -2.87. The lowest BCUT2D eigenvalue weighted by Crippen LogP contribution is -2.41. The number of halogens is 2. The summed E-state index contributed by atoms with van der Waals surface area (Å²) in [6.45, 7) is -3.18. The number of alkyl halides is 2. The van der Waals surface area contributed by atoms with E-state index in [0.717, 1.165) is 18.4 Å². The third-order valence-electron chi connectivity index (χ3n) is 6.18. The molecule has 1 atom stereocenters. The van der Waals surface area contributed by atoms with Crippen LogP contribution in [0, 0.1) is 0 Å². The number of hydrogen-bond donors (Lipinski definition) is 4. The highest BCUT2D eigenvalue weighted by Gasteiger charge is 2.25. The highest BCUT2D eigenvalue weighted by Crippen LogP contribution is 2.25. The van der Waals surface area contributed by atoms with Crippen molar-refractivity contribution in [3.8, 4) is 16.9 Å². The molecule has 1 aliphatic rings. The summed E-state index contributed by atoms with van der Waals surface area (Å²) in [5.41, 5.74) is 2.86. The molecule has 8 nitrogen and oxygen atoms in total. The Labute approximate surface area is 207 Å². The van der Waals surface area contributed by atoms with E-state index in [-0.39, 0.29) is 30.4 Å². The van der Waals surface area contributed by atoms with Crippen LogP contribution in [0.2, 0.25) is 0 Å². The van der Waals surface area contributed by atoms with E-state index in [9.17, 15) is 23.8 Å². The lowest BCUT2D eigenvalue weighted by atomic mass is 9.92. The number of aliphatic hydroxyl groups is 2. The number of carbonyl (C=O) groups excluding carboxylic acids is 1. The molecule has 4 rings (SSSR count). The molecule has 0 bridgehead atoms. The van der Waals surface area contributed by atoms with Crippen LogP contribution < -0.4 is 15.4 Å². The monoisotopic (exact) mass is 498 g/mol. The van der Waals surface area contributed by atoms with Crippen LogP contribution in [-0.2, 0) is 4.79 Å². The van der Waals surface area contributed by atoms with Gasteiger partial charge in [0.15, 0.2) is 0 Å². The maximum absolute atomic E-state index is 12.7. The standard InChI is InChI=1S/C26H28F2N4O4/c27-25(28)36-22-11-3-16(4-12-22)18-13-29-26(30-14-18)32-20-5-1-17(2-6-20)23(15-33)24(35)31-19-7-9-21(34)10-8-19/h1-6,11-14,19,21,23,25,33-34H,7-10,15H2,(H,31,35)(H,29,30,32)/t19?,21?,23-/m0/s1. The molecule has 1 fully saturated rings. The van der Waals surface area contributed by atoms with Crippen molar-refractivity contribution >= 4 is 17.5 Å². The fraction of sp³-hybridized carbons (Fsp3) is 0.346. The van der Waals surface area contributed by atoms with E-state index in [1.165, 1.54) is 12.1 Å². The minimum absolute atomic E-state index is 0.0138. The smallest absolute Gasteiger partial charge is 0.387 e. The van der Waals surface area contributed by atoms with Crippen molar-refractivity contribution in [2.24, 2.45) is 0 Å². The first-order valence-corrected chi connectivity index (χ1v) is 11.7. The molecule has 190 valence electrons. The molecule has 4 N–H and O–H groups in total. The second-order valence-corrected chi connectivity index (χ2v) is 8.69. The van der Waals surface area contributed by atoms with Crippen molar-refractivity contribution in [3.63, 3.8) is 0 Å². The molecule has 0 radical (unpaired) electrons. The number of aliphatic hydroxyl groups excluding tert-OH is 2. The Bertz CT molecular complexity index is 1120. The molecule has 0 saturated heterocycles. The molecule has 1 amide bonds. The van der Waals surface area contributed by atoms with Gasteiger partial charge in [0, 0.05) is 29.7 Å². The number of nitrogens with one attached hydrogen (secondary N) is 2. The van der Waals surface area contributed by atoms with Crippen LogP contribution in [0.4, 0.5) is 20.4 Å². The van der Waals surface area contributed by atoms with Crippen molar-refractivity contribution < 1.29 is 28.5 Å². The third kappa shape index (κ3) is 6.73. The zero-order chi connectivity index (χ0) is 25.5. The first-order chi connectivity index (χ1) is 17.4. The summed E-state index contributed by atoms with van der Waals surface area (Å²) in [5, 5.41) is 25.5. The number of nitrogens with zero attached hydrogens (tertiary/aromatic N) is 2. The summed E-state index contributed by atoms with van der Waals surface area (Å²) in [6.07, 6.45) is 5.72. The van der Waals surface area contributed by atoms with Gasteiger partial charge in [0.05, 0.1) is 18.6 Å². The van der Waals surface area contributed by atoms with Crippen LogP contribution in [0.25, 0.3) is 11.1 Å². The number of hydrogen-bond acceptors (Lipinski definition) is 7. The van der Waals surface area contributed by atoms with Gasteiger partial charge in [0.1, 0.15) is 5.75 Å². The number of amides is 1. The molecule has 3 aromatic rings. The van der Waals surface area contributed by atoms with E-state index in [2.05, 4.69) is 25.3 Å². The second kappa shape index (κ2) is 11.9. The minimum Gasteiger partial charge on any atom is -0.435 e. The second-order valence-electron chi connectivity index (χ2n) is 8.69. The Balaban J connectivity index is 1.34. The molecule has 0 spiro atoms. The Morgan fingerprint density at radius 1 is 0.972 bits per heavy atom. The molecule has 0 unspecified atom stereocenters. The van der Waals surface area contributed by atoms with Gasteiger partial charge >= 0.3 is 6.61 Å². The van der Waals surface area contributed by atoms with Crippen molar-refractivity contribution in [2.75, 3.05) is 11.9 Å². The number of anilines is 2. The van der Waals surface area contributed by atoms with E-state index < -0.39 is 12.5 Å². The fourth-order valence-electron chi connectivity index (χ4n) is 4.16. The molecule has 1 heterocycles. The Kier molecular flexibility index (Phi) is 8.40. The third-order valence-corrected chi connectivity index (χ3v) is 6.18. The van der Waals surface area contributed by atoms with E-state index in [0.29, 0.717) is 35.6 Å². The van der Waals surface area contributed by atoms with Gasteiger partial charge in [-0.1, -0.05) is 24.3 Å². The Hall–Kier alpha value is -3.63. The van der Waals surface area contributed by atoms with Crippen molar-refractivity contribution in [3.05, 3.63) is 66.5 Å². The molecule has 2 aromatic carbocycles. The van der Waals surface area contributed by atoms with Crippen LogP contribution in [-0.4, -0.2) is 51.5 Å². The molecule has 10 heteroatoms. The van der Waals surface area contributed by atoms with E-state index in [1.807, 2.05) is 0 Å². The lowest BCUT2D eigenvalue weighted by Gasteiger charge is -2.27. The zero-order valence-corrected chi connectivity index (χ0v) is 19.5. The average Bonchev–Trinajstić information content (AvgIpc) is 2.87. The first kappa shape index (κ1) is 25.5. The van der Waals surface area contributed by atoms with Crippen LogP contribution in [0.15, 0.2) is 60.9 Å². The maximum Gasteiger partial charge on any atom is 0.387 e. The molecular weight excluding hydrogens is 470 g/mol. The number of aromatic nitrogens is 2. The Morgan fingerprint density at radius 3 is 2.19 bits per heavy atom. The van der Waals surface area contributed by atoms with E-state index >= 15 is 0 Å². The van der Waals surface area contributed by atoms with Gasteiger partial charge in [-0.25, -0.2) is 9.97 Å². The van der Waals surface area contributed by atoms with Gasteiger partial charge in [-0.15, -0.1) is 0 Å². The molecule has 1 aliphatic carbocycles. The fourth-order valence-corrected chi connectivity index (χ4v) is 4.16. The summed E-state index contributed by atoms with van der Waals surface area (Å²) < 4.78 is 28.9. The van der Waals surface area contributed by atoms with Crippen molar-refractivity contribution in [1.82, 2.24) is 15.3 Å². The van der Waals surface area contributed by atoms with Crippen LogP contribution in [0.1, 0.15) is 37.2 Å². The van der Waals surface area contributed by atoms with E-state index in [1.54, 1.807) is 48.8 Å². The molecule has 1 aromatic heterocycles. The van der Waals surface area contributed by atoms with Gasteiger partial charge in [-0.2, -0.15) is 8.78 Å². The van der Waals surface area contributed by atoms with Crippen molar-refractivity contribution in [1.29, 1.82) is 0 Å². The predicted octanol–water partition coefficient (Wildman–Crippen LogP) is 3.98. The summed E-state index contributed by atoms with van der Waals surface area (Å²) in [5.74, 6) is -0.475. The Morgan fingerprint density at radius 2 is 1.61 bits per heavy atom. The maximum atomic E-state index is 12.7. The van der Waals surface area contributed by atoms with Crippen LogP contribution >= 0.6 is 0 Å². The van der Waals surface area contributed by atoms with Crippen LogP contribution in [0.5, 0.6) is 5.75 Å². The van der Waals surface area contributed by atoms with Gasteiger partial charge < -0.3 is 25.6 Å². The highest BCUT2D eigenvalue weighted by molar-refractivity contribution is 5.84. The largest absolute Gasteiger partial charge is 0.435 e. The SMILES string of the molecule is O=C(NC1CCC(O)CC1)[C@@H](CO)c1ccc(Nc2ncc(-c3ccc(OC(F)F)cc3)cn2)cc1. The van der Waals surface area contributed by atoms with Crippen molar-refractivity contribution in [2.45, 2.75) is 50.4 Å². The van der Waals surface area contributed by atoms with E-state index in [4.69, 9.17) is 0 Å². The molecular formula is C26H28F2N4O4. The zero-order valence-electron chi connectivity index (χ0n) is 19.5. The number of carbonyl (C=O) groups is 1. The summed E-state index contributed by atoms with van der Waals surface area (Å²) in [7, 11) is 0. The molecule has 0 aliphatic heterocycles. The number of rotatable bonds is 9. The average molecular weight is 499 g/mol. The first-order valence-electron chi connectivity index (χ1n) is 11.7. The molecule has 1 saturated carbocycles. The summed E-state index contributed by atoms with van der Waals surface area (Å²) >= 11 is 0. The van der Waals surface area contributed by atoms with Gasteiger partial charge in [0.2, 0.25) is 11.9 Å². The van der Waals surface area contributed by atoms with Gasteiger partial charge in [-0.05, 0) is 61.1 Å². The summed E-state index contributed by atoms with van der Waals surface area (Å²) in [6, 6.07) is 13.3. The summed E-state index contributed by atoms with van der Waals surface area (Å²) in [4.78, 5) is 21.3. The number of benzene rings is 2. The topological polar surface area (TPSA) is 117 Å². The number of ether oxygens (including phenoxy) is 1. The highest BCUT2D eigenvalue weighted by atomic mass is 19.3. The quantitative estimate of drug-likeness (QED) is 0.353. The normalized spacial score (nSPS) is 18.5. The van der Waals surface area contributed by atoms with Gasteiger partial charge in [-0.3, -0.25) is 4.79 Å². The van der Waals surface area contributed by atoms with Gasteiger partial charge in [0.25, 0.3) is 0 Å².